The van der Waals surface area contributed by atoms with Crippen LogP contribution in [0.2, 0.25) is 0 Å². The lowest BCUT2D eigenvalue weighted by Crippen LogP contribution is -2.14. The zero-order chi connectivity index (χ0) is 16.4. The molecule has 0 bridgehead atoms. The molecule has 6 nitrogen and oxygen atoms in total. The fraction of sp³-hybridized carbons (Fsp3) is 0.200. The number of nitrogens with one attached hydrogen (secondary N) is 1. The summed E-state index contributed by atoms with van der Waals surface area (Å²) in [5, 5.41) is 5.85. The van der Waals surface area contributed by atoms with E-state index in [1.54, 1.807) is 10.9 Å². The topological polar surface area (TPSA) is 76.9 Å². The molecule has 3 aromatic rings. The van der Waals surface area contributed by atoms with E-state index in [-0.39, 0.29) is 10.8 Å². The Morgan fingerprint density at radius 2 is 1.91 bits per heavy atom. The maximum Gasteiger partial charge on any atom is 0.264 e. The van der Waals surface area contributed by atoms with Crippen LogP contribution in [0, 0.1) is 0 Å². The number of rotatable bonds is 5. The van der Waals surface area contributed by atoms with Gasteiger partial charge in [0.05, 0.1) is 29.5 Å². The highest BCUT2D eigenvalue weighted by Crippen LogP contribution is 2.28. The minimum atomic E-state index is -3.65. The molecule has 0 amide bonds. The smallest absolute Gasteiger partial charge is 0.264 e. The summed E-state index contributed by atoms with van der Waals surface area (Å²) in [6.45, 7) is 4.00. The van der Waals surface area contributed by atoms with Crippen LogP contribution in [0.1, 0.15) is 25.5 Å². The van der Waals surface area contributed by atoms with Crippen molar-refractivity contribution in [2.24, 2.45) is 0 Å². The van der Waals surface area contributed by atoms with Crippen molar-refractivity contribution >= 4 is 27.2 Å². The van der Waals surface area contributed by atoms with Crippen LogP contribution >= 0.6 is 11.5 Å². The Kier molecular flexibility index (Phi) is 4.18. The first kappa shape index (κ1) is 15.7. The second-order valence-corrected chi connectivity index (χ2v) is 7.65. The van der Waals surface area contributed by atoms with Crippen LogP contribution in [0.3, 0.4) is 0 Å². The monoisotopic (exact) mass is 348 g/mol. The fourth-order valence-electron chi connectivity index (χ4n) is 2.30. The van der Waals surface area contributed by atoms with Crippen LogP contribution in [0.15, 0.2) is 53.0 Å². The number of para-hydroxylation sites is 1. The van der Waals surface area contributed by atoms with Crippen molar-refractivity contribution in [2.45, 2.75) is 24.7 Å². The fourth-order valence-corrected chi connectivity index (χ4v) is 4.16. The molecule has 0 radical (unpaired) electrons. The molecular formula is C15H16N4O2S2. The summed E-state index contributed by atoms with van der Waals surface area (Å²) >= 11 is 1.10. The van der Waals surface area contributed by atoms with E-state index < -0.39 is 10.0 Å². The third-order valence-corrected chi connectivity index (χ3v) is 5.39. The predicted octanol–water partition coefficient (Wildman–Crippen LogP) is 3.25. The van der Waals surface area contributed by atoms with Gasteiger partial charge in [0.15, 0.2) is 0 Å². The largest absolute Gasteiger partial charge is 0.276 e. The third kappa shape index (κ3) is 3.13. The maximum absolute atomic E-state index is 12.4. The second-order valence-electron chi connectivity index (χ2n) is 5.31. The Balaban J connectivity index is 2.03. The van der Waals surface area contributed by atoms with E-state index in [0.717, 1.165) is 22.9 Å². The Hall–Kier alpha value is -2.19. The predicted molar refractivity (Wildman–Crippen MR) is 90.6 cm³/mol. The van der Waals surface area contributed by atoms with Crippen molar-refractivity contribution < 1.29 is 8.42 Å². The molecule has 0 aliphatic carbocycles. The van der Waals surface area contributed by atoms with Gasteiger partial charge in [-0.2, -0.15) is 9.47 Å². The molecule has 2 heterocycles. The van der Waals surface area contributed by atoms with Crippen molar-refractivity contribution in [3.8, 4) is 5.69 Å². The van der Waals surface area contributed by atoms with Crippen molar-refractivity contribution in [2.75, 3.05) is 4.72 Å². The van der Waals surface area contributed by atoms with Gasteiger partial charge in [-0.05, 0) is 29.6 Å². The molecule has 2 aromatic heterocycles. The van der Waals surface area contributed by atoms with Gasteiger partial charge in [-0.3, -0.25) is 4.72 Å². The normalized spacial score (nSPS) is 11.8. The van der Waals surface area contributed by atoms with Crippen LogP contribution < -0.4 is 4.72 Å². The second kappa shape index (κ2) is 6.13. The number of nitrogens with zero attached hydrogens (tertiary/aromatic N) is 3. The van der Waals surface area contributed by atoms with E-state index >= 15 is 0 Å². The lowest BCUT2D eigenvalue weighted by atomic mass is 10.1. The van der Waals surface area contributed by atoms with Gasteiger partial charge in [0.25, 0.3) is 10.0 Å². The Morgan fingerprint density at radius 1 is 1.17 bits per heavy atom. The van der Waals surface area contributed by atoms with E-state index in [2.05, 4.69) is 14.2 Å². The molecule has 0 fully saturated rings. The van der Waals surface area contributed by atoms with Crippen molar-refractivity contribution in [3.63, 3.8) is 0 Å². The average Bonchev–Trinajstić information content (AvgIpc) is 3.17. The summed E-state index contributed by atoms with van der Waals surface area (Å²) < 4.78 is 33.0. The van der Waals surface area contributed by atoms with Gasteiger partial charge in [-0.25, -0.2) is 13.1 Å². The summed E-state index contributed by atoms with van der Waals surface area (Å²) in [6.07, 6.45) is 2.88. The molecule has 23 heavy (non-hydrogen) atoms. The number of sulfonamides is 1. The molecule has 0 unspecified atom stereocenters. The lowest BCUT2D eigenvalue weighted by Gasteiger charge is -2.13. The molecule has 0 aliphatic rings. The van der Waals surface area contributed by atoms with Gasteiger partial charge in [-0.15, -0.1) is 0 Å². The molecule has 0 spiro atoms. The van der Waals surface area contributed by atoms with Crippen LogP contribution in [0.5, 0.6) is 0 Å². The number of benzene rings is 1. The molecule has 8 heteroatoms. The van der Waals surface area contributed by atoms with E-state index in [9.17, 15) is 8.42 Å². The summed E-state index contributed by atoms with van der Waals surface area (Å²) in [4.78, 5) is 0.157. The average molecular weight is 348 g/mol. The minimum Gasteiger partial charge on any atom is -0.276 e. The molecule has 0 saturated heterocycles. The number of hydrogen-bond acceptors (Lipinski definition) is 5. The van der Waals surface area contributed by atoms with Crippen LogP contribution in [0.4, 0.5) is 5.69 Å². The number of aromatic nitrogens is 3. The number of hydrogen-bond donors (Lipinski definition) is 1. The van der Waals surface area contributed by atoms with Crippen molar-refractivity contribution in [1.82, 2.24) is 14.2 Å². The van der Waals surface area contributed by atoms with E-state index in [0.29, 0.717) is 5.69 Å². The molecule has 120 valence electrons. The van der Waals surface area contributed by atoms with Gasteiger partial charge < -0.3 is 0 Å². The van der Waals surface area contributed by atoms with Crippen LogP contribution in [-0.2, 0) is 10.0 Å². The highest BCUT2D eigenvalue weighted by molar-refractivity contribution is 7.92. The molecular weight excluding hydrogens is 332 g/mol. The Morgan fingerprint density at radius 3 is 2.52 bits per heavy atom. The number of anilines is 1. The van der Waals surface area contributed by atoms with Crippen LogP contribution in [-0.4, -0.2) is 22.6 Å². The van der Waals surface area contributed by atoms with Gasteiger partial charge in [-0.1, -0.05) is 32.0 Å². The van der Waals surface area contributed by atoms with Crippen molar-refractivity contribution in [3.05, 3.63) is 53.8 Å². The molecule has 0 atom stereocenters. The summed E-state index contributed by atoms with van der Waals surface area (Å²) in [6, 6.07) is 9.62. The van der Waals surface area contributed by atoms with E-state index in [1.807, 2.05) is 44.2 Å². The maximum atomic E-state index is 12.4. The standard InChI is InChI=1S/C15H16N4O2S2/c1-11(2)15-14(18-23(20,21)13-8-17-22-10-13)9-16-19(15)12-6-4-3-5-7-12/h3-11,18H,1-2H3. The summed E-state index contributed by atoms with van der Waals surface area (Å²) in [5.74, 6) is 0.0935. The highest BCUT2D eigenvalue weighted by atomic mass is 32.2. The first-order valence-corrected chi connectivity index (χ1v) is 9.36. The highest BCUT2D eigenvalue weighted by Gasteiger charge is 2.22. The van der Waals surface area contributed by atoms with Gasteiger partial charge in [0, 0.05) is 5.38 Å². The SMILES string of the molecule is CC(C)c1c(NS(=O)(=O)c2cnsc2)cnn1-c1ccccc1. The summed E-state index contributed by atoms with van der Waals surface area (Å²) in [5.41, 5.74) is 2.18. The van der Waals surface area contributed by atoms with Gasteiger partial charge in [0.1, 0.15) is 4.90 Å². The molecule has 3 rings (SSSR count). The summed E-state index contributed by atoms with van der Waals surface area (Å²) in [7, 11) is -3.65. The zero-order valence-electron chi connectivity index (χ0n) is 12.7. The lowest BCUT2D eigenvalue weighted by molar-refractivity contribution is 0.601. The Labute approximate surface area is 139 Å². The van der Waals surface area contributed by atoms with E-state index in [4.69, 9.17) is 0 Å². The molecule has 1 aromatic carbocycles. The van der Waals surface area contributed by atoms with Crippen molar-refractivity contribution in [1.29, 1.82) is 0 Å². The quantitative estimate of drug-likeness (QED) is 0.768. The first-order valence-electron chi connectivity index (χ1n) is 7.04. The van der Waals surface area contributed by atoms with Gasteiger partial charge in [0.2, 0.25) is 0 Å². The first-order chi connectivity index (χ1) is 11.0. The molecule has 0 aliphatic heterocycles. The van der Waals surface area contributed by atoms with E-state index in [1.165, 1.54) is 11.6 Å². The zero-order valence-corrected chi connectivity index (χ0v) is 14.3. The third-order valence-electron chi connectivity index (χ3n) is 3.32. The van der Waals surface area contributed by atoms with Gasteiger partial charge >= 0.3 is 0 Å². The molecule has 1 N–H and O–H groups in total. The Bertz CT molecular complexity index is 885. The minimum absolute atomic E-state index is 0.0935. The van der Waals surface area contributed by atoms with Crippen LogP contribution in [0.25, 0.3) is 5.69 Å². The molecule has 0 saturated carbocycles.